The van der Waals surface area contributed by atoms with Gasteiger partial charge in [0.05, 0.1) is 28.3 Å². The van der Waals surface area contributed by atoms with Gasteiger partial charge < -0.3 is 9.32 Å². The average molecular weight is 830 g/mol. The molecule has 0 spiro atoms. The highest BCUT2D eigenvalue weighted by atomic mass is 32.2. The zero-order valence-electron chi connectivity index (χ0n) is 29.7. The first-order chi connectivity index (χ1) is 26.4. The number of hydrogen-bond donors (Lipinski definition) is 2. The summed E-state index contributed by atoms with van der Waals surface area (Å²) in [5, 5.41) is 3.25. The van der Waals surface area contributed by atoms with Crippen LogP contribution in [0.25, 0.3) is 58.2 Å². The molecule has 0 bridgehead atoms. The molecule has 2 N–H and O–H groups in total. The van der Waals surface area contributed by atoms with E-state index in [-0.39, 0.29) is 24.3 Å². The van der Waals surface area contributed by atoms with E-state index >= 15 is 0 Å². The number of oxazole rings is 1. The maximum Gasteiger partial charge on any atom is 0.374 e. The van der Waals surface area contributed by atoms with E-state index in [0.29, 0.717) is 31.0 Å². The molecule has 9 nitrogen and oxygen atoms in total. The summed E-state index contributed by atoms with van der Waals surface area (Å²) >= 11 is 5.02. The number of thioether (sulfide) groups is 1. The Morgan fingerprint density at radius 1 is 0.782 bits per heavy atom. The predicted octanol–water partition coefficient (Wildman–Crippen LogP) is 10.3. The Hall–Kier alpha value is -4.28. The molecule has 0 unspecified atom stereocenters. The Labute approximate surface area is 331 Å². The third kappa shape index (κ3) is 8.46. The van der Waals surface area contributed by atoms with E-state index in [1.807, 2.05) is 54.0 Å². The second kappa shape index (κ2) is 15.3. The second-order valence-electron chi connectivity index (χ2n) is 13.3. The van der Waals surface area contributed by atoms with Gasteiger partial charge in [-0.05, 0) is 94.9 Å². The third-order valence-electron chi connectivity index (χ3n) is 9.47. The lowest BCUT2D eigenvalue weighted by atomic mass is 10.1. The smallest absolute Gasteiger partial charge is 0.374 e. The Morgan fingerprint density at radius 2 is 1.40 bits per heavy atom. The van der Waals surface area contributed by atoms with Gasteiger partial charge >= 0.3 is 5.89 Å². The molecular weight excluding hydrogens is 793 g/mol. The summed E-state index contributed by atoms with van der Waals surface area (Å²) in [6.07, 6.45) is 5.09. The third-order valence-corrected chi connectivity index (χ3v) is 14.5. The van der Waals surface area contributed by atoms with Crippen molar-refractivity contribution in [2.45, 2.75) is 37.6 Å². The van der Waals surface area contributed by atoms with Crippen molar-refractivity contribution in [1.82, 2.24) is 0 Å². The number of rotatable bonds is 13. The van der Waals surface area contributed by atoms with Crippen LogP contribution < -0.4 is 9.47 Å². The largest absolute Gasteiger partial charge is 0.398 e. The van der Waals surface area contributed by atoms with Crippen molar-refractivity contribution in [2.75, 3.05) is 23.0 Å². The molecule has 0 aliphatic carbocycles. The fourth-order valence-corrected chi connectivity index (χ4v) is 11.1. The second-order valence-corrected chi connectivity index (χ2v) is 19.7. The molecule has 7 aromatic rings. The van der Waals surface area contributed by atoms with Gasteiger partial charge in [0.1, 0.15) is 0 Å². The lowest BCUT2D eigenvalue weighted by Crippen LogP contribution is -2.36. The first-order valence-electron chi connectivity index (χ1n) is 17.8. The molecule has 3 aromatic heterocycles. The van der Waals surface area contributed by atoms with Gasteiger partial charge in [0.25, 0.3) is 25.8 Å². The molecule has 4 heterocycles. The van der Waals surface area contributed by atoms with Gasteiger partial charge in [0.2, 0.25) is 5.58 Å². The lowest BCUT2D eigenvalue weighted by Gasteiger charge is -2.21. The summed E-state index contributed by atoms with van der Waals surface area (Å²) in [6.45, 7) is 2.71. The Balaban J connectivity index is 1.17. The van der Waals surface area contributed by atoms with Crippen LogP contribution in [0.4, 0.5) is 5.69 Å². The van der Waals surface area contributed by atoms with Gasteiger partial charge in [0.15, 0.2) is 6.54 Å². The maximum atomic E-state index is 11.7. The van der Waals surface area contributed by atoms with Crippen LogP contribution >= 0.6 is 34.4 Å². The minimum Gasteiger partial charge on any atom is -0.398 e. The van der Waals surface area contributed by atoms with Gasteiger partial charge in [-0.3, -0.25) is 9.11 Å². The van der Waals surface area contributed by atoms with Gasteiger partial charge in [-0.1, -0.05) is 61.2 Å². The zero-order chi connectivity index (χ0) is 38.3. The number of aryl methyl sites for hydroxylation is 1. The molecule has 0 amide bonds. The van der Waals surface area contributed by atoms with Crippen LogP contribution in [-0.4, -0.2) is 44.0 Å². The minimum absolute atomic E-state index is 0.184. The molecule has 0 saturated heterocycles. The van der Waals surface area contributed by atoms with Crippen LogP contribution in [0.1, 0.15) is 32.1 Å². The summed E-state index contributed by atoms with van der Waals surface area (Å²) in [7, 11) is -8.30. The molecule has 0 radical (unpaired) electrons. The topological polar surface area (TPSA) is 129 Å². The van der Waals surface area contributed by atoms with Crippen molar-refractivity contribution < 1.29 is 34.9 Å². The van der Waals surface area contributed by atoms with Crippen molar-refractivity contribution >= 4 is 97.7 Å². The van der Waals surface area contributed by atoms with E-state index in [2.05, 4.69) is 71.6 Å². The van der Waals surface area contributed by atoms with Crippen molar-refractivity contribution in [3.63, 3.8) is 0 Å². The molecule has 0 saturated carbocycles. The highest BCUT2D eigenvalue weighted by Gasteiger charge is 2.28. The van der Waals surface area contributed by atoms with E-state index in [1.165, 1.54) is 14.8 Å². The molecule has 282 valence electrons. The van der Waals surface area contributed by atoms with Crippen LogP contribution in [0.15, 0.2) is 123 Å². The minimum atomic E-state index is -4.16. The first-order valence-corrected chi connectivity index (χ1v) is 23.4. The summed E-state index contributed by atoms with van der Waals surface area (Å²) in [5.41, 5.74) is 5.44. The molecular formula is C41H37N2O7S5+. The van der Waals surface area contributed by atoms with Crippen molar-refractivity contribution in [3.8, 4) is 20.9 Å². The number of thiophene rings is 2. The van der Waals surface area contributed by atoms with Crippen LogP contribution in [0.2, 0.25) is 0 Å². The van der Waals surface area contributed by atoms with Gasteiger partial charge in [-0.15, -0.1) is 22.7 Å². The number of allylic oxidation sites excluding steroid dienone is 2. The highest BCUT2D eigenvalue weighted by Crippen LogP contribution is 2.49. The van der Waals surface area contributed by atoms with Crippen LogP contribution in [0.3, 0.4) is 0 Å². The molecule has 0 fully saturated rings. The molecule has 4 aromatic carbocycles. The standard InChI is InChI=1S/C41H36N2O7S5/c1-2-27(21-40-42(17-7-19-54(44,45)46)32-23-30(13-15-34(32)50-40)38-25-28-9-3-5-11-35(28)51-38)22-41-43(18-8-20-55(47,48)49)33-24-31(14-16-37(33)53-41)39-26-29-10-4-6-12-36(29)52-39/h3-6,9-16,21-26H,2,7-8,17-20H2,1H3,(H-,44,45,46,47,48,49)/p+1. The van der Waals surface area contributed by atoms with E-state index in [9.17, 15) is 25.9 Å². The van der Waals surface area contributed by atoms with Gasteiger partial charge in [-0.2, -0.15) is 21.4 Å². The highest BCUT2D eigenvalue weighted by molar-refractivity contribution is 8.03. The first kappa shape index (κ1) is 37.6. The Morgan fingerprint density at radius 3 is 2.04 bits per heavy atom. The fraction of sp³-hybridized carbons (Fsp3) is 0.195. The maximum absolute atomic E-state index is 11.7. The normalized spacial score (nSPS) is 14.6. The van der Waals surface area contributed by atoms with Crippen molar-refractivity contribution in [1.29, 1.82) is 0 Å². The summed E-state index contributed by atoms with van der Waals surface area (Å²) in [6, 6.07) is 33.2. The van der Waals surface area contributed by atoms with Gasteiger partial charge in [-0.25, -0.2) is 0 Å². The Kier molecular flexibility index (Phi) is 10.5. The number of aromatic nitrogens is 1. The van der Waals surface area contributed by atoms with Crippen molar-refractivity contribution in [2.24, 2.45) is 0 Å². The quantitative estimate of drug-likeness (QED) is 0.0862. The van der Waals surface area contributed by atoms with Crippen LogP contribution in [-0.2, 0) is 26.8 Å². The number of anilines is 1. The number of nitrogens with zero attached hydrogens (tertiary/aromatic N) is 2. The summed E-state index contributed by atoms with van der Waals surface area (Å²) in [4.78, 5) is 5.39. The average Bonchev–Trinajstić information content (AvgIpc) is 3.93. The number of hydrogen-bond acceptors (Lipinski definition) is 9. The van der Waals surface area contributed by atoms with E-state index < -0.39 is 20.2 Å². The van der Waals surface area contributed by atoms with Crippen LogP contribution in [0.5, 0.6) is 0 Å². The molecule has 14 heteroatoms. The zero-order valence-corrected chi connectivity index (χ0v) is 33.8. The van der Waals surface area contributed by atoms with Crippen molar-refractivity contribution in [3.05, 3.63) is 120 Å². The molecule has 0 atom stereocenters. The van der Waals surface area contributed by atoms with E-state index in [0.717, 1.165) is 53.0 Å². The summed E-state index contributed by atoms with van der Waals surface area (Å²) in [5.74, 6) is -0.194. The molecule has 1 aliphatic heterocycles. The lowest BCUT2D eigenvalue weighted by molar-refractivity contribution is -0.677. The molecule has 1 aliphatic rings. The number of fused-ring (bicyclic) bond motifs is 4. The van der Waals surface area contributed by atoms with E-state index in [1.54, 1.807) is 34.4 Å². The summed E-state index contributed by atoms with van der Waals surface area (Å²) < 4.78 is 76.7. The SMILES string of the molecule is CCC(/C=C1\Sc2ccc(-c3cc4ccccc4s3)cc2N1CCCS(=O)(=O)O)=C\c1oc2ccc(-c3cc4ccccc4s3)cc2[n+]1CCCS(=O)(=O)O. The number of benzene rings is 4. The van der Waals surface area contributed by atoms with Gasteiger partial charge in [0, 0.05) is 43.1 Å². The molecule has 8 rings (SSSR count). The predicted molar refractivity (Wildman–Crippen MR) is 226 cm³/mol. The van der Waals surface area contributed by atoms with E-state index in [4.69, 9.17) is 4.42 Å². The molecule has 55 heavy (non-hydrogen) atoms. The van der Waals surface area contributed by atoms with Crippen LogP contribution in [0, 0.1) is 0 Å². The monoisotopic (exact) mass is 829 g/mol. The fourth-order valence-electron chi connectivity index (χ4n) is 6.81. The Bertz CT molecular complexity index is 2800.